The molecule has 0 atom stereocenters. The molecule has 0 spiro atoms. The number of guanidine groups is 1. The van der Waals surface area contributed by atoms with Crippen LogP contribution in [0.4, 0.5) is 0 Å². The molecule has 1 aliphatic heterocycles. The Hall–Kier alpha value is -2.36. The lowest BCUT2D eigenvalue weighted by molar-refractivity contribution is 0.0729. The molecular formula is C21H31N5O3S. The number of hydrogen-bond donors (Lipinski definition) is 2. The van der Waals surface area contributed by atoms with Gasteiger partial charge in [0.05, 0.1) is 25.5 Å². The van der Waals surface area contributed by atoms with E-state index in [1.165, 1.54) is 4.31 Å². The van der Waals surface area contributed by atoms with E-state index in [2.05, 4.69) is 20.2 Å². The number of aromatic nitrogens is 1. The van der Waals surface area contributed by atoms with Gasteiger partial charge >= 0.3 is 0 Å². The molecule has 0 bridgehead atoms. The van der Waals surface area contributed by atoms with Gasteiger partial charge in [-0.1, -0.05) is 24.3 Å². The Labute approximate surface area is 179 Å². The van der Waals surface area contributed by atoms with Gasteiger partial charge in [-0.15, -0.1) is 0 Å². The summed E-state index contributed by atoms with van der Waals surface area (Å²) in [5.41, 5.74) is 1.70. The van der Waals surface area contributed by atoms with Crippen molar-refractivity contribution in [2.45, 2.75) is 25.8 Å². The molecule has 0 saturated carbocycles. The van der Waals surface area contributed by atoms with E-state index in [1.54, 1.807) is 0 Å². The van der Waals surface area contributed by atoms with Gasteiger partial charge in [-0.05, 0) is 30.2 Å². The Morgan fingerprint density at radius 1 is 1.07 bits per heavy atom. The molecule has 3 rings (SSSR count). The molecule has 0 amide bonds. The lowest BCUT2D eigenvalue weighted by atomic mass is 10.1. The fourth-order valence-corrected chi connectivity index (χ4v) is 4.86. The standard InChI is InChI=1S/C21H31N5O3S/c1-2-22-21(23-9-12-25-10-5-6-11-25)24-17-19-7-3-4-8-20(19)18-30(27,28)26-13-15-29-16-14-26/h3-8,10-11H,2,9,12-18H2,1H3,(H2,22,23,24). The maximum atomic E-state index is 12.8. The van der Waals surface area contributed by atoms with E-state index in [4.69, 9.17) is 4.74 Å². The monoisotopic (exact) mass is 433 g/mol. The Morgan fingerprint density at radius 2 is 1.77 bits per heavy atom. The normalized spacial score (nSPS) is 15.8. The molecule has 2 heterocycles. The fourth-order valence-electron chi connectivity index (χ4n) is 3.29. The minimum Gasteiger partial charge on any atom is -0.379 e. The fraction of sp³-hybridized carbons (Fsp3) is 0.476. The first-order valence-electron chi connectivity index (χ1n) is 10.3. The topological polar surface area (TPSA) is 88.0 Å². The maximum absolute atomic E-state index is 12.8. The van der Waals surface area contributed by atoms with Crippen LogP contribution in [0.1, 0.15) is 18.1 Å². The van der Waals surface area contributed by atoms with E-state index >= 15 is 0 Å². The second-order valence-electron chi connectivity index (χ2n) is 7.08. The highest BCUT2D eigenvalue weighted by atomic mass is 32.2. The molecule has 0 unspecified atom stereocenters. The van der Waals surface area contributed by atoms with Gasteiger partial charge in [-0.3, -0.25) is 0 Å². The summed E-state index contributed by atoms with van der Waals surface area (Å²) in [6, 6.07) is 11.6. The minimum absolute atomic E-state index is 0.0176. The summed E-state index contributed by atoms with van der Waals surface area (Å²) < 4.78 is 34.5. The van der Waals surface area contributed by atoms with E-state index in [-0.39, 0.29) is 5.75 Å². The van der Waals surface area contributed by atoms with E-state index in [0.29, 0.717) is 32.8 Å². The third kappa shape index (κ3) is 6.58. The number of nitrogens with one attached hydrogen (secondary N) is 2. The first-order chi connectivity index (χ1) is 14.6. The molecule has 164 valence electrons. The average molecular weight is 434 g/mol. The van der Waals surface area contributed by atoms with Crippen LogP contribution in [-0.2, 0) is 33.6 Å². The van der Waals surface area contributed by atoms with E-state index < -0.39 is 10.0 Å². The largest absolute Gasteiger partial charge is 0.379 e. The molecule has 1 saturated heterocycles. The summed E-state index contributed by atoms with van der Waals surface area (Å²) in [5, 5.41) is 6.57. The van der Waals surface area contributed by atoms with Crippen LogP contribution >= 0.6 is 0 Å². The molecule has 8 nitrogen and oxygen atoms in total. The first kappa shape index (κ1) is 22.3. The summed E-state index contributed by atoms with van der Waals surface area (Å²) in [4.78, 5) is 4.66. The van der Waals surface area contributed by atoms with E-state index in [9.17, 15) is 8.42 Å². The van der Waals surface area contributed by atoms with Crippen LogP contribution in [0.15, 0.2) is 53.8 Å². The van der Waals surface area contributed by atoms with E-state index in [0.717, 1.165) is 36.7 Å². The van der Waals surface area contributed by atoms with E-state index in [1.807, 2.05) is 55.7 Å². The minimum atomic E-state index is -3.38. The number of ether oxygens (including phenoxy) is 1. The zero-order chi connectivity index (χ0) is 21.2. The van der Waals surface area contributed by atoms with Gasteiger partial charge in [0.2, 0.25) is 10.0 Å². The Morgan fingerprint density at radius 3 is 2.47 bits per heavy atom. The predicted molar refractivity (Wildman–Crippen MR) is 119 cm³/mol. The summed E-state index contributed by atoms with van der Waals surface area (Å²) in [6.07, 6.45) is 4.05. The highest BCUT2D eigenvalue weighted by Gasteiger charge is 2.25. The molecule has 0 radical (unpaired) electrons. The molecule has 1 aromatic carbocycles. The van der Waals surface area contributed by atoms with Gasteiger partial charge in [-0.2, -0.15) is 4.31 Å². The van der Waals surface area contributed by atoms with Crippen LogP contribution in [0, 0.1) is 0 Å². The lowest BCUT2D eigenvalue weighted by Gasteiger charge is -2.26. The average Bonchev–Trinajstić information content (AvgIpc) is 3.27. The number of benzene rings is 1. The lowest BCUT2D eigenvalue weighted by Crippen LogP contribution is -2.41. The second kappa shape index (κ2) is 11.1. The van der Waals surface area contributed by atoms with Crippen LogP contribution in [0.2, 0.25) is 0 Å². The van der Waals surface area contributed by atoms with Gasteiger partial charge in [0.25, 0.3) is 0 Å². The highest BCUT2D eigenvalue weighted by Crippen LogP contribution is 2.17. The van der Waals surface area contributed by atoms with Crippen molar-refractivity contribution in [2.24, 2.45) is 4.99 Å². The van der Waals surface area contributed by atoms with Crippen molar-refractivity contribution in [1.29, 1.82) is 0 Å². The maximum Gasteiger partial charge on any atom is 0.218 e. The summed E-state index contributed by atoms with van der Waals surface area (Å²) in [7, 11) is -3.38. The molecular weight excluding hydrogens is 402 g/mol. The van der Waals surface area contributed by atoms with Crippen molar-refractivity contribution < 1.29 is 13.2 Å². The van der Waals surface area contributed by atoms with Crippen LogP contribution < -0.4 is 10.6 Å². The Balaban J connectivity index is 1.64. The van der Waals surface area contributed by atoms with Crippen molar-refractivity contribution in [2.75, 3.05) is 39.4 Å². The molecule has 1 fully saturated rings. The summed E-state index contributed by atoms with van der Waals surface area (Å²) in [5.74, 6) is 0.700. The second-order valence-corrected chi connectivity index (χ2v) is 9.05. The van der Waals surface area contributed by atoms with Gasteiger partial charge in [0.15, 0.2) is 5.96 Å². The molecule has 1 aromatic heterocycles. The summed E-state index contributed by atoms with van der Waals surface area (Å²) >= 11 is 0. The molecule has 9 heteroatoms. The van der Waals surface area contributed by atoms with Gasteiger partial charge < -0.3 is 19.9 Å². The van der Waals surface area contributed by atoms with Crippen molar-refractivity contribution in [3.05, 3.63) is 59.9 Å². The molecule has 1 aliphatic rings. The number of hydrogen-bond acceptors (Lipinski definition) is 4. The SMILES string of the molecule is CCNC(=NCc1ccccc1CS(=O)(=O)N1CCOCC1)NCCn1cccc1. The number of morpholine rings is 1. The molecule has 30 heavy (non-hydrogen) atoms. The van der Waals surface area contributed by atoms with Crippen molar-refractivity contribution in [1.82, 2.24) is 19.5 Å². The predicted octanol–water partition coefficient (Wildman–Crippen LogP) is 1.41. The zero-order valence-corrected chi connectivity index (χ0v) is 18.3. The number of rotatable bonds is 9. The van der Waals surface area contributed by atoms with Crippen molar-refractivity contribution >= 4 is 16.0 Å². The van der Waals surface area contributed by atoms with Crippen LogP contribution in [-0.4, -0.2) is 62.6 Å². The number of nitrogens with zero attached hydrogens (tertiary/aromatic N) is 3. The molecule has 0 aliphatic carbocycles. The van der Waals surface area contributed by atoms with Crippen molar-refractivity contribution in [3.63, 3.8) is 0 Å². The number of sulfonamides is 1. The van der Waals surface area contributed by atoms with Crippen LogP contribution in [0.5, 0.6) is 0 Å². The van der Waals surface area contributed by atoms with Crippen molar-refractivity contribution in [3.8, 4) is 0 Å². The Bertz CT molecular complexity index is 906. The smallest absolute Gasteiger partial charge is 0.218 e. The molecule has 2 N–H and O–H groups in total. The van der Waals surface area contributed by atoms with Gasteiger partial charge in [0.1, 0.15) is 0 Å². The molecule has 2 aromatic rings. The van der Waals surface area contributed by atoms with Crippen LogP contribution in [0.3, 0.4) is 0 Å². The highest BCUT2D eigenvalue weighted by molar-refractivity contribution is 7.88. The zero-order valence-electron chi connectivity index (χ0n) is 17.5. The number of aliphatic imine (C=N–C) groups is 1. The quantitative estimate of drug-likeness (QED) is 0.461. The van der Waals surface area contributed by atoms with Crippen LogP contribution in [0.25, 0.3) is 0 Å². The first-order valence-corrected chi connectivity index (χ1v) is 11.9. The Kier molecular flexibility index (Phi) is 8.30. The van der Waals surface area contributed by atoms with Gasteiger partial charge in [0, 0.05) is 45.1 Å². The summed E-state index contributed by atoms with van der Waals surface area (Å²) in [6.45, 7) is 6.50. The van der Waals surface area contributed by atoms with Gasteiger partial charge in [-0.25, -0.2) is 13.4 Å². The third-order valence-corrected chi connectivity index (χ3v) is 6.73. The third-order valence-electron chi connectivity index (χ3n) is 4.90.